The number of methoxy groups -OCH3 is 2. The van der Waals surface area contributed by atoms with Crippen molar-refractivity contribution in [1.29, 1.82) is 0 Å². The van der Waals surface area contributed by atoms with Crippen LogP contribution >= 0.6 is 85.0 Å². The fourth-order valence-electron chi connectivity index (χ4n) is 8.55. The molecule has 20 nitrogen and oxygen atoms in total. The summed E-state index contributed by atoms with van der Waals surface area (Å²) in [5.74, 6) is 1.51. The Kier molecular flexibility index (Phi) is 41.9. The van der Waals surface area contributed by atoms with E-state index in [0.717, 1.165) is 55.3 Å². The molecule has 13 N–H and O–H groups in total. The van der Waals surface area contributed by atoms with Crippen LogP contribution in [0.4, 0.5) is 13.2 Å². The molecule has 0 fully saturated rings. The van der Waals surface area contributed by atoms with Gasteiger partial charge in [0.05, 0.1) is 14.6 Å². The van der Waals surface area contributed by atoms with Gasteiger partial charge in [0.2, 0.25) is 0 Å². The van der Waals surface area contributed by atoms with E-state index < -0.39 is 34.7 Å². The summed E-state index contributed by atoms with van der Waals surface area (Å²) in [4.78, 5) is 21.9. The van der Waals surface area contributed by atoms with Gasteiger partial charge >= 0.3 is 22.7 Å². The van der Waals surface area contributed by atoms with Gasteiger partial charge in [-0.25, -0.2) is 0 Å². The number of halogens is 5. The molecule has 0 bridgehead atoms. The molecule has 0 amide bonds. The first-order chi connectivity index (χ1) is 46.7. The number of aromatic hydroxyl groups is 2. The van der Waals surface area contributed by atoms with Gasteiger partial charge in [0.25, 0.3) is 11.9 Å². The summed E-state index contributed by atoms with van der Waals surface area (Å²) < 4.78 is 86.0. The molecule has 3 aliphatic rings. The molecular formula is C67H76BBrClF3N4O16PdS6. The molecule has 13 rings (SSSR count). The van der Waals surface area contributed by atoms with E-state index in [-0.39, 0.29) is 68.6 Å². The molecule has 3 unspecified atom stereocenters. The standard InChI is InChI=1S/2C13H13NOS.C12H11NOS.C10H8OS.C6H7BO3.C4H3BrS.C4H11NO2.2C2H4O2.CHF3O3S.ClH.Pd/c2*1-14-8-12-13-10(6-7-16-13)9-4-2-3-5-11(9)15-12;13-7-11-12-9(5-6-15-12)8-3-1-2-4-10(8)14-11;11-10-4-2-1-3-9(10)8-5-6-12-7-8;8-6-4-2-1-3-5(6)7(9)10;5-4-1-2-6-3-4;1-6-4(3-5)7-2;2*1-2(3)4;2-1(3,4)8(5,6)7;;/h2*2-7,12,14H,8H2,1H3;1-6,11H,7,13H2;1-7,11H;1-4,8-10H;1-3H;4H,3,5H2,1-2H3;2*1H3,(H,3,4);(H,5,6,7);1H;. The Morgan fingerprint density at radius 1 is 0.580 bits per heavy atom. The van der Waals surface area contributed by atoms with E-state index in [1.165, 1.54) is 64.6 Å². The molecule has 0 radical (unpaired) electrons. The van der Waals surface area contributed by atoms with Crippen LogP contribution in [0.1, 0.15) is 46.8 Å². The number of phenols is 2. The number of rotatable bonds is 10. The van der Waals surface area contributed by atoms with E-state index in [4.69, 9.17) is 83.1 Å². The van der Waals surface area contributed by atoms with Gasteiger partial charge < -0.3 is 76.3 Å². The van der Waals surface area contributed by atoms with Crippen molar-refractivity contribution < 1.29 is 110 Å². The number of thiophene rings is 5. The normalized spacial score (nSPS) is 13.3. The Hall–Kier alpha value is -6.58. The van der Waals surface area contributed by atoms with Crippen molar-refractivity contribution in [2.75, 3.05) is 54.5 Å². The molecule has 0 aliphatic carbocycles. The summed E-state index contributed by atoms with van der Waals surface area (Å²) in [6.45, 7) is 4.80. The maximum Gasteiger partial charge on any atom is 0.522 e. The van der Waals surface area contributed by atoms with Crippen molar-refractivity contribution in [2.24, 2.45) is 11.5 Å². The average molecular weight is 1680 g/mol. The minimum Gasteiger partial charge on any atom is -0.508 e. The number of nitrogens with one attached hydrogen (secondary N) is 2. The smallest absolute Gasteiger partial charge is 0.508 e. The number of phenolic OH excluding ortho intramolecular Hbond substituents is 2. The summed E-state index contributed by atoms with van der Waals surface area (Å²) in [5.41, 5.74) is 15.0. The van der Waals surface area contributed by atoms with E-state index in [0.29, 0.717) is 18.8 Å². The second kappa shape index (κ2) is 46.8. The third kappa shape index (κ3) is 29.4. The maximum atomic E-state index is 10.7. The molecular weight excluding hydrogens is 1600 g/mol. The SMILES string of the molecule is Brc1ccsc1.CC(=O)O.CC(=O)O.CNCC1Oc2ccccc2-c2ccsc21.CNCC1Oc2ccccc2-c2ccsc21.COC(CN)OC.Cl.NCC1Oc2ccccc2-c2ccsc21.O=S(=O)(O)C(F)(F)F.OB(O)c1ccccc1O.Oc1ccccc1-c1ccsc1.[Pd]. The average Bonchev–Trinajstić information content (AvgIpc) is 1.56. The van der Waals surface area contributed by atoms with Gasteiger partial charge in [0.1, 0.15) is 47.1 Å². The van der Waals surface area contributed by atoms with Gasteiger partial charge in [-0.15, -0.1) is 46.4 Å². The molecule has 3 atom stereocenters. The van der Waals surface area contributed by atoms with Crippen molar-refractivity contribution in [2.45, 2.75) is 44.0 Å². The molecule has 544 valence electrons. The van der Waals surface area contributed by atoms with E-state index >= 15 is 0 Å². The van der Waals surface area contributed by atoms with Crippen molar-refractivity contribution >= 4 is 120 Å². The topological polar surface area (TPSA) is 332 Å². The monoisotopic (exact) mass is 1670 g/mol. The summed E-state index contributed by atoms with van der Waals surface area (Å²) in [6.07, 6.45) is 0.0831. The predicted octanol–water partition coefficient (Wildman–Crippen LogP) is 14.2. The molecule has 0 saturated carbocycles. The third-order valence-electron chi connectivity index (χ3n) is 12.7. The molecule has 100 heavy (non-hydrogen) atoms. The molecule has 5 aromatic carbocycles. The number of benzene rings is 5. The van der Waals surface area contributed by atoms with Gasteiger partial charge in [0.15, 0.2) is 6.29 Å². The Labute approximate surface area is 627 Å². The van der Waals surface area contributed by atoms with Gasteiger partial charge in [0, 0.05) is 129 Å². The maximum absolute atomic E-state index is 10.7. The van der Waals surface area contributed by atoms with Crippen LogP contribution in [0, 0.1) is 0 Å². The van der Waals surface area contributed by atoms with Crippen LogP contribution in [-0.2, 0) is 49.6 Å². The quantitative estimate of drug-likeness (QED) is 0.0262. The Morgan fingerprint density at radius 2 is 0.930 bits per heavy atom. The van der Waals surface area contributed by atoms with Crippen LogP contribution in [0.5, 0.6) is 28.7 Å². The zero-order chi connectivity index (χ0) is 72.4. The molecule has 3 aliphatic heterocycles. The minimum atomic E-state index is -5.84. The van der Waals surface area contributed by atoms with Crippen LogP contribution in [0.3, 0.4) is 0 Å². The second-order valence-electron chi connectivity index (χ2n) is 19.8. The molecule has 10 aromatic rings. The zero-order valence-electron chi connectivity index (χ0n) is 54.3. The number of ether oxygens (including phenoxy) is 5. The van der Waals surface area contributed by atoms with Crippen molar-refractivity contribution in [3.05, 3.63) is 208 Å². The largest absolute Gasteiger partial charge is 0.522 e. The number of hydrogen-bond donors (Lipinski definition) is 11. The number of nitrogens with two attached hydrogens (primary N) is 2. The number of likely N-dealkylation sites (N-methyl/N-ethyl adjacent to an activating group) is 2. The summed E-state index contributed by atoms with van der Waals surface area (Å²) in [5, 5.41) is 71.3. The predicted molar refractivity (Wildman–Crippen MR) is 396 cm³/mol. The third-order valence-corrected chi connectivity index (χ3v) is 18.5. The van der Waals surface area contributed by atoms with Crippen molar-refractivity contribution in [1.82, 2.24) is 10.6 Å². The van der Waals surface area contributed by atoms with E-state index in [1.807, 2.05) is 108 Å². The van der Waals surface area contributed by atoms with Crippen LogP contribution in [0.15, 0.2) is 194 Å². The Bertz CT molecular complexity index is 3940. The Morgan fingerprint density at radius 3 is 1.21 bits per heavy atom. The number of hydrogen-bond acceptors (Lipinski definition) is 22. The van der Waals surface area contributed by atoms with Crippen LogP contribution in [-0.4, -0.2) is 129 Å². The summed E-state index contributed by atoms with van der Waals surface area (Å²) >= 11 is 11.9. The molecule has 5 aromatic heterocycles. The number of fused-ring (bicyclic) bond motifs is 9. The first-order valence-corrected chi connectivity index (χ1v) is 35.8. The molecule has 0 spiro atoms. The number of carbonyl (C=O) groups is 2. The minimum absolute atomic E-state index is 0. The van der Waals surface area contributed by atoms with Crippen LogP contribution in [0.25, 0.3) is 44.5 Å². The van der Waals surface area contributed by atoms with E-state index in [9.17, 15) is 18.3 Å². The number of carboxylic acids is 2. The summed E-state index contributed by atoms with van der Waals surface area (Å²) in [6, 6.07) is 48.6. The number of para-hydroxylation sites is 5. The Balaban J connectivity index is 0.000000389. The van der Waals surface area contributed by atoms with Crippen LogP contribution < -0.4 is 41.8 Å². The number of aliphatic carboxylic acids is 2. The fraction of sp³-hybridized carbons (Fsp3) is 0.224. The molecule has 0 saturated heterocycles. The van der Waals surface area contributed by atoms with Gasteiger partial charge in [-0.3, -0.25) is 14.1 Å². The first kappa shape index (κ1) is 89.5. The first-order valence-electron chi connectivity index (χ1n) is 29.1. The zero-order valence-corrected chi connectivity index (χ0v) is 63.2. The van der Waals surface area contributed by atoms with E-state index in [1.54, 1.807) is 89.1 Å². The summed E-state index contributed by atoms with van der Waals surface area (Å²) in [7, 11) is -0.412. The van der Waals surface area contributed by atoms with Gasteiger partial charge in [-0.1, -0.05) is 91.0 Å². The second-order valence-corrected chi connectivity index (χ2v) is 26.5. The van der Waals surface area contributed by atoms with Crippen LogP contribution in [0.2, 0.25) is 0 Å². The molecule has 8 heterocycles. The van der Waals surface area contributed by atoms with Crippen molar-refractivity contribution in [3.63, 3.8) is 0 Å². The fourth-order valence-corrected chi connectivity index (χ4v) is 13.2. The molecule has 33 heteroatoms. The van der Waals surface area contributed by atoms with Gasteiger partial charge in [-0.05, 0) is 129 Å². The van der Waals surface area contributed by atoms with Gasteiger partial charge in [-0.2, -0.15) is 44.3 Å². The number of carboxylic acid groups (broad SMARTS) is 2. The number of alkyl halides is 3. The van der Waals surface area contributed by atoms with E-state index in [2.05, 4.69) is 91.2 Å². The van der Waals surface area contributed by atoms with Crippen molar-refractivity contribution in [3.8, 4) is 73.3 Å².